The molecule has 2 unspecified atom stereocenters. The van der Waals surface area contributed by atoms with Crippen molar-refractivity contribution >= 4 is 34.0 Å². The molecule has 1 saturated heterocycles. The molecule has 1 aromatic heterocycles. The molecule has 2 aromatic carbocycles. The molecule has 200 valence electrons. The molecule has 1 saturated carbocycles. The largest absolute Gasteiger partial charge is 0.378 e. The minimum absolute atomic E-state index is 0.140. The van der Waals surface area contributed by atoms with E-state index in [1.54, 1.807) is 6.07 Å². The number of hydrogen-bond donors (Lipinski definition) is 2. The summed E-state index contributed by atoms with van der Waals surface area (Å²) in [5.74, 6) is -0.293. The van der Waals surface area contributed by atoms with Crippen LogP contribution in [0.1, 0.15) is 59.5 Å². The molecule has 0 radical (unpaired) electrons. The maximum Gasteiger partial charge on any atom is 0.264 e. The molecule has 8 nitrogen and oxygen atoms in total. The molecular weight excluding hydrogens is 502 g/mol. The summed E-state index contributed by atoms with van der Waals surface area (Å²) >= 11 is -2.44. The van der Waals surface area contributed by atoms with Crippen LogP contribution in [-0.2, 0) is 33.8 Å². The molecule has 3 aromatic rings. The fourth-order valence-electron chi connectivity index (χ4n) is 6.63. The van der Waals surface area contributed by atoms with Gasteiger partial charge >= 0.3 is 0 Å². The lowest BCUT2D eigenvalue weighted by Crippen LogP contribution is -2.45. The number of carbonyl (C=O) groups is 2. The summed E-state index contributed by atoms with van der Waals surface area (Å²) in [6, 6.07) is 13.9. The van der Waals surface area contributed by atoms with Crippen LogP contribution in [0.15, 0.2) is 42.5 Å². The highest BCUT2D eigenvalue weighted by Crippen LogP contribution is 2.46. The van der Waals surface area contributed by atoms with Crippen LogP contribution in [0, 0.1) is 5.92 Å². The Hall–Kier alpha value is -3.01. The first-order valence-corrected chi connectivity index (χ1v) is 14.6. The third-order valence-electron chi connectivity index (χ3n) is 8.37. The summed E-state index contributed by atoms with van der Waals surface area (Å²) in [6.45, 7) is 2.84. The first-order valence-electron chi connectivity index (χ1n) is 13.5. The molecule has 6 rings (SSSR count). The Labute approximate surface area is 224 Å². The Morgan fingerprint density at radius 3 is 2.55 bits per heavy atom. The monoisotopic (exact) mass is 535 g/mol. The maximum absolute atomic E-state index is 13.8. The smallest absolute Gasteiger partial charge is 0.264 e. The fraction of sp³-hybridized carbons (Fsp3) is 0.448. The molecule has 1 aliphatic carbocycles. The second kappa shape index (κ2) is 10.6. The quantitative estimate of drug-likeness (QED) is 0.487. The molecule has 3 aliphatic rings. The van der Waals surface area contributed by atoms with Crippen molar-refractivity contribution in [3.8, 4) is 11.3 Å². The van der Waals surface area contributed by atoms with Crippen molar-refractivity contribution in [3.05, 3.63) is 59.2 Å². The van der Waals surface area contributed by atoms with Gasteiger partial charge in [-0.15, -0.1) is 0 Å². The van der Waals surface area contributed by atoms with Gasteiger partial charge in [0.25, 0.3) is 17.2 Å². The van der Waals surface area contributed by atoms with Gasteiger partial charge in [-0.1, -0.05) is 49.6 Å². The number of fused-ring (bicyclic) bond motifs is 5. The van der Waals surface area contributed by atoms with Crippen molar-refractivity contribution < 1.29 is 23.1 Å². The van der Waals surface area contributed by atoms with Crippen LogP contribution in [0.3, 0.4) is 0 Å². The van der Waals surface area contributed by atoms with Crippen molar-refractivity contribution in [2.24, 2.45) is 5.92 Å². The van der Waals surface area contributed by atoms with E-state index >= 15 is 0 Å². The predicted molar refractivity (Wildman–Crippen MR) is 146 cm³/mol. The summed E-state index contributed by atoms with van der Waals surface area (Å²) in [4.78, 5) is 28.4. The zero-order valence-electron chi connectivity index (χ0n) is 21.4. The molecule has 0 spiro atoms. The van der Waals surface area contributed by atoms with Gasteiger partial charge in [-0.2, -0.15) is 0 Å². The summed E-state index contributed by atoms with van der Waals surface area (Å²) in [5.41, 5.74) is 6.01. The van der Waals surface area contributed by atoms with Crippen molar-refractivity contribution in [1.82, 2.24) is 14.2 Å². The van der Waals surface area contributed by atoms with Crippen LogP contribution in [0.4, 0.5) is 0 Å². The third kappa shape index (κ3) is 4.67. The van der Waals surface area contributed by atoms with Crippen molar-refractivity contribution in [3.63, 3.8) is 0 Å². The number of amides is 2. The minimum atomic E-state index is -2.44. The number of hydrogen-bond acceptors (Lipinski definition) is 4. The van der Waals surface area contributed by atoms with Crippen LogP contribution >= 0.6 is 0 Å². The number of nitrogens with one attached hydrogen (secondary N) is 1. The Kier molecular flexibility index (Phi) is 7.07. The zero-order valence-corrected chi connectivity index (χ0v) is 22.2. The fourth-order valence-corrected chi connectivity index (χ4v) is 6.90. The normalized spacial score (nSPS) is 20.9. The van der Waals surface area contributed by atoms with Crippen molar-refractivity contribution in [2.45, 2.75) is 51.0 Å². The van der Waals surface area contributed by atoms with Crippen LogP contribution in [0.5, 0.6) is 0 Å². The van der Waals surface area contributed by atoms with Crippen LogP contribution < -0.4 is 4.72 Å². The number of nitrogens with zero attached hydrogens (tertiary/aromatic N) is 2. The zero-order chi connectivity index (χ0) is 26.2. The molecule has 2 amide bonds. The lowest BCUT2D eigenvalue weighted by Gasteiger charge is -2.30. The number of morpholine rings is 1. The maximum atomic E-state index is 13.8. The second-order valence-corrected chi connectivity index (χ2v) is 11.3. The Balaban J connectivity index is 1.54. The predicted octanol–water partition coefficient (Wildman–Crippen LogP) is 4.25. The van der Waals surface area contributed by atoms with Gasteiger partial charge in [0.2, 0.25) is 5.91 Å². The summed E-state index contributed by atoms with van der Waals surface area (Å²) in [7, 11) is 0. The standard InChI is InChI=1S/C29H33N3O5S/c33-28(30-38(35)36)21-10-11-24-25(17-21)32-18-22(29(34)31-12-14-37-15-13-31)16-20-8-4-5-9-23(20)27(32)26(24)19-6-2-1-3-7-19/h4-5,8-11,17,19,22H,1-3,6-7,12-16,18H2,(H,30,33)(H,35,36). The molecule has 2 atom stereocenters. The van der Waals surface area contributed by atoms with E-state index < -0.39 is 17.2 Å². The van der Waals surface area contributed by atoms with Crippen molar-refractivity contribution in [1.29, 1.82) is 0 Å². The van der Waals surface area contributed by atoms with Gasteiger partial charge in [0.05, 0.1) is 24.8 Å². The minimum Gasteiger partial charge on any atom is -0.378 e. The number of benzene rings is 2. The number of aromatic nitrogens is 1. The molecule has 2 N–H and O–H groups in total. The average Bonchev–Trinajstić information content (AvgIpc) is 3.15. The SMILES string of the molecule is O=C(NS(=O)O)c1ccc2c(C3CCCCC3)c3n(c2c1)CC(C(=O)N1CCOCC1)Cc1ccccc1-3. The molecule has 38 heavy (non-hydrogen) atoms. The molecule has 3 heterocycles. The van der Waals surface area contributed by atoms with E-state index in [9.17, 15) is 18.4 Å². The second-order valence-electron chi connectivity index (χ2n) is 10.6. The Morgan fingerprint density at radius 2 is 1.79 bits per heavy atom. The van der Waals surface area contributed by atoms with Gasteiger partial charge in [0.1, 0.15) is 0 Å². The van der Waals surface area contributed by atoms with Gasteiger partial charge in [-0.05, 0) is 48.4 Å². The first-order chi connectivity index (χ1) is 18.5. The highest BCUT2D eigenvalue weighted by atomic mass is 32.2. The van der Waals surface area contributed by atoms with Gasteiger partial charge in [0, 0.05) is 41.7 Å². The topological polar surface area (TPSA) is 101 Å². The lowest BCUT2D eigenvalue weighted by atomic mass is 9.81. The van der Waals surface area contributed by atoms with Gasteiger partial charge < -0.3 is 14.2 Å². The molecule has 2 aliphatic heterocycles. The third-order valence-corrected chi connectivity index (χ3v) is 8.73. The lowest BCUT2D eigenvalue weighted by molar-refractivity contribution is -0.140. The van der Waals surface area contributed by atoms with Gasteiger partial charge in [-0.25, -0.2) is 8.93 Å². The Morgan fingerprint density at radius 1 is 1.03 bits per heavy atom. The Bertz CT molecular complexity index is 1400. The van der Waals surface area contributed by atoms with E-state index in [2.05, 4.69) is 27.5 Å². The molecular formula is C29H33N3O5S. The molecule has 0 bridgehead atoms. The van der Waals surface area contributed by atoms with E-state index in [-0.39, 0.29) is 11.8 Å². The molecule has 2 fully saturated rings. The molecule has 9 heteroatoms. The number of carbonyl (C=O) groups excluding carboxylic acids is 2. The summed E-state index contributed by atoms with van der Waals surface area (Å²) in [6.07, 6.45) is 6.54. The highest BCUT2D eigenvalue weighted by molar-refractivity contribution is 7.77. The number of rotatable bonds is 4. The van der Waals surface area contributed by atoms with Gasteiger partial charge in [0.15, 0.2) is 0 Å². The van der Waals surface area contributed by atoms with Crippen LogP contribution in [0.2, 0.25) is 0 Å². The van der Waals surface area contributed by atoms with E-state index in [1.165, 1.54) is 30.4 Å². The van der Waals surface area contributed by atoms with Crippen molar-refractivity contribution in [2.75, 3.05) is 26.3 Å². The van der Waals surface area contributed by atoms with E-state index in [1.807, 2.05) is 23.1 Å². The highest BCUT2D eigenvalue weighted by Gasteiger charge is 2.34. The van der Waals surface area contributed by atoms with E-state index in [4.69, 9.17) is 4.74 Å². The van der Waals surface area contributed by atoms with E-state index in [0.717, 1.165) is 35.0 Å². The summed E-state index contributed by atoms with van der Waals surface area (Å²) in [5, 5.41) is 1.10. The van der Waals surface area contributed by atoms with Crippen LogP contribution in [-0.4, -0.2) is 56.3 Å². The first kappa shape index (κ1) is 25.3. The van der Waals surface area contributed by atoms with Gasteiger partial charge in [-0.3, -0.25) is 14.1 Å². The van der Waals surface area contributed by atoms with E-state index in [0.29, 0.717) is 50.8 Å². The van der Waals surface area contributed by atoms with Crippen LogP contribution in [0.25, 0.3) is 22.2 Å². The average molecular weight is 536 g/mol. The number of ether oxygens (including phenoxy) is 1. The summed E-state index contributed by atoms with van der Waals surface area (Å²) < 4.78 is 30.3.